The molecule has 0 atom stereocenters. The zero-order chi connectivity index (χ0) is 8.97. The quantitative estimate of drug-likeness (QED) is 0.679. The fourth-order valence-electron chi connectivity index (χ4n) is 0.724. The van der Waals surface area contributed by atoms with Gasteiger partial charge in [-0.1, -0.05) is 6.08 Å². The lowest BCUT2D eigenvalue weighted by Gasteiger charge is -1.95. The molecule has 0 spiro atoms. The Morgan fingerprint density at radius 1 is 1.75 bits per heavy atom. The van der Waals surface area contributed by atoms with Crippen LogP contribution in [0.15, 0.2) is 30.4 Å². The second-order valence-corrected chi connectivity index (χ2v) is 2.45. The first-order chi connectivity index (χ1) is 5.70. The van der Waals surface area contributed by atoms with E-state index in [4.69, 9.17) is 5.11 Å². The van der Waals surface area contributed by atoms with Crippen molar-refractivity contribution in [2.45, 2.75) is 13.5 Å². The van der Waals surface area contributed by atoms with Crippen molar-refractivity contribution in [3.05, 3.63) is 30.4 Å². The molecule has 1 aromatic heterocycles. The average molecular weight is 166 g/mol. The zero-order valence-corrected chi connectivity index (χ0v) is 6.77. The van der Waals surface area contributed by atoms with E-state index >= 15 is 0 Å². The minimum atomic E-state index is -0.880. The van der Waals surface area contributed by atoms with Crippen LogP contribution in [-0.4, -0.2) is 20.6 Å². The van der Waals surface area contributed by atoms with Gasteiger partial charge in [-0.25, -0.2) is 9.78 Å². The highest BCUT2D eigenvalue weighted by Gasteiger charge is 1.97. The molecule has 1 heterocycles. The molecule has 4 heteroatoms. The Labute approximate surface area is 70.2 Å². The average Bonchev–Trinajstić information content (AvgIpc) is 2.51. The maximum atomic E-state index is 10.4. The largest absolute Gasteiger partial charge is 0.478 e. The third kappa shape index (κ3) is 2.23. The molecule has 0 aliphatic rings. The Kier molecular flexibility index (Phi) is 2.63. The van der Waals surface area contributed by atoms with E-state index in [2.05, 4.69) is 4.98 Å². The van der Waals surface area contributed by atoms with E-state index in [0.717, 1.165) is 0 Å². The van der Waals surface area contributed by atoms with Crippen molar-refractivity contribution in [3.63, 3.8) is 0 Å². The standard InChI is InChI=1S/C8H10N2O2/c1-7(8(11)12)2-4-10-5-3-9-6-10/h2-3,5-6H,4H2,1H3,(H,11,12). The number of rotatable bonds is 3. The van der Waals surface area contributed by atoms with E-state index < -0.39 is 5.97 Å². The highest BCUT2D eigenvalue weighted by atomic mass is 16.4. The Bertz CT molecular complexity index is 288. The van der Waals surface area contributed by atoms with Crippen molar-refractivity contribution in [1.82, 2.24) is 9.55 Å². The molecular weight excluding hydrogens is 156 g/mol. The highest BCUT2D eigenvalue weighted by molar-refractivity contribution is 5.85. The summed E-state index contributed by atoms with van der Waals surface area (Å²) in [5.74, 6) is -0.880. The molecule has 1 aromatic rings. The molecule has 1 N–H and O–H groups in total. The smallest absolute Gasteiger partial charge is 0.331 e. The molecule has 0 aliphatic carbocycles. The van der Waals surface area contributed by atoms with Crippen LogP contribution in [0, 0.1) is 0 Å². The number of carboxylic acid groups (broad SMARTS) is 1. The molecule has 4 nitrogen and oxygen atoms in total. The van der Waals surface area contributed by atoms with Crippen LogP contribution in [0.2, 0.25) is 0 Å². The topological polar surface area (TPSA) is 55.1 Å². The minimum Gasteiger partial charge on any atom is -0.478 e. The summed E-state index contributed by atoms with van der Waals surface area (Å²) in [5, 5.41) is 8.52. The number of carboxylic acids is 1. The lowest BCUT2D eigenvalue weighted by molar-refractivity contribution is -0.132. The fourth-order valence-corrected chi connectivity index (χ4v) is 0.724. The van der Waals surface area contributed by atoms with Gasteiger partial charge in [0.15, 0.2) is 0 Å². The van der Waals surface area contributed by atoms with Gasteiger partial charge in [0, 0.05) is 24.5 Å². The van der Waals surface area contributed by atoms with Crippen molar-refractivity contribution < 1.29 is 9.90 Å². The molecule has 0 amide bonds. The van der Waals surface area contributed by atoms with Gasteiger partial charge < -0.3 is 9.67 Å². The SMILES string of the molecule is CC(=CCn1ccnc1)C(=O)O. The maximum Gasteiger partial charge on any atom is 0.331 e. The molecule has 0 saturated heterocycles. The minimum absolute atomic E-state index is 0.351. The van der Waals surface area contributed by atoms with Gasteiger partial charge in [0.1, 0.15) is 0 Å². The molecule has 0 radical (unpaired) electrons. The van der Waals surface area contributed by atoms with Crippen LogP contribution in [0.1, 0.15) is 6.92 Å². The van der Waals surface area contributed by atoms with Crippen LogP contribution in [0.25, 0.3) is 0 Å². The van der Waals surface area contributed by atoms with Crippen molar-refractivity contribution in [1.29, 1.82) is 0 Å². The number of hydrogen-bond donors (Lipinski definition) is 1. The monoisotopic (exact) mass is 166 g/mol. The van der Waals surface area contributed by atoms with E-state index in [1.165, 1.54) is 0 Å². The molecule has 1 rings (SSSR count). The Balaban J connectivity index is 2.55. The number of nitrogens with zero attached hydrogens (tertiary/aromatic N) is 2. The lowest BCUT2D eigenvalue weighted by atomic mass is 10.3. The van der Waals surface area contributed by atoms with E-state index in [0.29, 0.717) is 12.1 Å². The van der Waals surface area contributed by atoms with E-state index in [-0.39, 0.29) is 0 Å². The van der Waals surface area contributed by atoms with Crippen molar-refractivity contribution >= 4 is 5.97 Å². The van der Waals surface area contributed by atoms with E-state index in [1.54, 1.807) is 36.3 Å². The van der Waals surface area contributed by atoms with Crippen LogP contribution in [-0.2, 0) is 11.3 Å². The first-order valence-corrected chi connectivity index (χ1v) is 3.56. The molecule has 0 aromatic carbocycles. The summed E-state index contributed by atoms with van der Waals surface area (Å²) in [4.78, 5) is 14.2. The van der Waals surface area contributed by atoms with Crippen LogP contribution in [0.5, 0.6) is 0 Å². The molecular formula is C8H10N2O2. The van der Waals surface area contributed by atoms with Gasteiger partial charge in [-0.2, -0.15) is 0 Å². The van der Waals surface area contributed by atoms with E-state index in [9.17, 15) is 4.79 Å². The lowest BCUT2D eigenvalue weighted by Crippen LogP contribution is -1.99. The molecule has 64 valence electrons. The van der Waals surface area contributed by atoms with Gasteiger partial charge in [-0.3, -0.25) is 0 Å². The first-order valence-electron chi connectivity index (χ1n) is 3.56. The van der Waals surface area contributed by atoms with Crippen LogP contribution in [0.4, 0.5) is 0 Å². The van der Waals surface area contributed by atoms with Crippen LogP contribution >= 0.6 is 0 Å². The predicted octanol–water partition coefficient (Wildman–Crippen LogP) is 0.914. The third-order valence-corrected chi connectivity index (χ3v) is 1.50. The number of imidazole rings is 1. The molecule has 0 aliphatic heterocycles. The molecule has 0 saturated carbocycles. The summed E-state index contributed by atoms with van der Waals surface area (Å²) in [7, 11) is 0. The summed E-state index contributed by atoms with van der Waals surface area (Å²) in [6.45, 7) is 2.12. The van der Waals surface area contributed by atoms with Gasteiger partial charge >= 0.3 is 5.97 Å². The first kappa shape index (κ1) is 8.52. The molecule has 12 heavy (non-hydrogen) atoms. The summed E-state index contributed by atoms with van der Waals surface area (Å²) in [6, 6.07) is 0. The Morgan fingerprint density at radius 2 is 2.50 bits per heavy atom. The fraction of sp³-hybridized carbons (Fsp3) is 0.250. The van der Waals surface area contributed by atoms with Gasteiger partial charge in [-0.15, -0.1) is 0 Å². The molecule has 0 fully saturated rings. The summed E-state index contributed by atoms with van der Waals surface area (Å²) in [5.41, 5.74) is 0.351. The number of carbonyl (C=O) groups is 1. The number of aromatic nitrogens is 2. The Morgan fingerprint density at radius 3 is 3.00 bits per heavy atom. The number of hydrogen-bond acceptors (Lipinski definition) is 2. The second kappa shape index (κ2) is 3.71. The van der Waals surface area contributed by atoms with Gasteiger partial charge in [0.05, 0.1) is 6.33 Å². The second-order valence-electron chi connectivity index (χ2n) is 2.45. The normalized spacial score (nSPS) is 11.6. The van der Waals surface area contributed by atoms with E-state index in [1.807, 2.05) is 0 Å². The van der Waals surface area contributed by atoms with Crippen LogP contribution < -0.4 is 0 Å². The highest BCUT2D eigenvalue weighted by Crippen LogP contribution is 1.94. The van der Waals surface area contributed by atoms with Gasteiger partial charge in [0.2, 0.25) is 0 Å². The van der Waals surface area contributed by atoms with Crippen molar-refractivity contribution in [2.75, 3.05) is 0 Å². The summed E-state index contributed by atoms with van der Waals surface area (Å²) in [6.07, 6.45) is 6.73. The maximum absolute atomic E-state index is 10.4. The van der Waals surface area contributed by atoms with Crippen molar-refractivity contribution in [3.8, 4) is 0 Å². The number of allylic oxidation sites excluding steroid dienone is 1. The van der Waals surface area contributed by atoms with Crippen molar-refractivity contribution in [2.24, 2.45) is 0 Å². The summed E-state index contributed by atoms with van der Waals surface area (Å²) < 4.78 is 1.80. The Hall–Kier alpha value is -1.58. The van der Waals surface area contributed by atoms with Gasteiger partial charge in [0.25, 0.3) is 0 Å². The summed E-state index contributed by atoms with van der Waals surface area (Å²) >= 11 is 0. The van der Waals surface area contributed by atoms with Gasteiger partial charge in [-0.05, 0) is 6.92 Å². The van der Waals surface area contributed by atoms with Crippen LogP contribution in [0.3, 0.4) is 0 Å². The molecule has 0 unspecified atom stereocenters. The zero-order valence-electron chi connectivity index (χ0n) is 6.77. The molecule has 0 bridgehead atoms. The third-order valence-electron chi connectivity index (χ3n) is 1.50. The number of aliphatic carboxylic acids is 1. The predicted molar refractivity (Wildman–Crippen MR) is 43.6 cm³/mol.